The highest BCUT2D eigenvalue weighted by Crippen LogP contribution is 2.43. The molecule has 1 aliphatic carbocycles. The molecule has 3 aromatic rings. The Balaban J connectivity index is 1.19. The summed E-state index contributed by atoms with van der Waals surface area (Å²) >= 11 is 0. The zero-order chi connectivity index (χ0) is 30.2. The van der Waals surface area contributed by atoms with Gasteiger partial charge in [0.1, 0.15) is 24.1 Å². The standard InChI is InChI=1S/C34H36F3N5O2/c1-20(35)32(43)41-15-12-27-28(41)18-42(27)31-26-11-10-25(24-9-4-7-21-6-2-3-8-23(21)24)29(37)30(26)38-33(39-31)44-19-34-13-5-14-40(34)17-22(36)16-34/h4,7,9-11,22,27-28H,1-3,5-6,8,12-19H2/t22-,27?,28-,34+/m1/s1. The molecule has 2 aromatic carbocycles. The third-order valence-corrected chi connectivity index (χ3v) is 10.7. The van der Waals surface area contributed by atoms with Gasteiger partial charge in [0, 0.05) is 37.0 Å². The van der Waals surface area contributed by atoms with Crippen molar-refractivity contribution in [3.63, 3.8) is 0 Å². The number of amides is 1. The van der Waals surface area contributed by atoms with Gasteiger partial charge >= 0.3 is 6.01 Å². The molecule has 0 saturated carbocycles. The number of fused-ring (bicyclic) bond motifs is 4. The first kappa shape index (κ1) is 27.9. The Morgan fingerprint density at radius 2 is 1.91 bits per heavy atom. The number of carbonyl (C=O) groups excluding carboxylic acids is 1. The first-order valence-electron chi connectivity index (χ1n) is 15.9. The zero-order valence-corrected chi connectivity index (χ0v) is 24.7. The van der Waals surface area contributed by atoms with Gasteiger partial charge in [-0.3, -0.25) is 9.69 Å². The third kappa shape index (κ3) is 4.31. The molecule has 0 radical (unpaired) electrons. The van der Waals surface area contributed by atoms with Gasteiger partial charge in [0.05, 0.1) is 17.6 Å². The second-order valence-corrected chi connectivity index (χ2v) is 13.1. The number of carbonyl (C=O) groups is 1. The van der Waals surface area contributed by atoms with Crippen LogP contribution in [-0.4, -0.2) is 82.3 Å². The molecule has 7 nitrogen and oxygen atoms in total. The number of aromatic nitrogens is 2. The van der Waals surface area contributed by atoms with Crippen molar-refractivity contribution in [2.45, 2.75) is 75.2 Å². The number of alkyl halides is 1. The Kier molecular flexibility index (Phi) is 6.63. The van der Waals surface area contributed by atoms with Gasteiger partial charge in [-0.05, 0) is 74.2 Å². The largest absolute Gasteiger partial charge is 0.461 e. The summed E-state index contributed by atoms with van der Waals surface area (Å²) in [6.45, 7) is 5.52. The van der Waals surface area contributed by atoms with E-state index < -0.39 is 29.3 Å². The first-order valence-corrected chi connectivity index (χ1v) is 15.9. The Morgan fingerprint density at radius 1 is 1.05 bits per heavy atom. The Labute approximate surface area is 254 Å². The summed E-state index contributed by atoms with van der Waals surface area (Å²) in [5.41, 5.74) is 3.64. The zero-order valence-electron chi connectivity index (χ0n) is 24.7. The number of aryl methyl sites for hydroxylation is 1. The lowest BCUT2D eigenvalue weighted by molar-refractivity contribution is -0.130. The molecule has 1 aromatic heterocycles. The van der Waals surface area contributed by atoms with Crippen LogP contribution in [0.15, 0.2) is 42.7 Å². The van der Waals surface area contributed by atoms with Crippen LogP contribution in [0.25, 0.3) is 22.0 Å². The van der Waals surface area contributed by atoms with E-state index in [0.29, 0.717) is 49.2 Å². The molecule has 44 heavy (non-hydrogen) atoms. The number of nitrogens with zero attached hydrogens (tertiary/aromatic N) is 5. The molecule has 4 fully saturated rings. The van der Waals surface area contributed by atoms with E-state index in [0.717, 1.165) is 50.6 Å². The SMILES string of the molecule is C=C(F)C(=O)N1CCC2[C@H]1CN2c1nc(OC[C@@]23CCCN2C[C@H](F)C3)nc2c(F)c(-c3cccc4c3CCCC4)ccc12. The van der Waals surface area contributed by atoms with Crippen molar-refractivity contribution in [1.29, 1.82) is 0 Å². The van der Waals surface area contributed by atoms with Crippen molar-refractivity contribution in [3.8, 4) is 17.1 Å². The van der Waals surface area contributed by atoms with E-state index in [9.17, 15) is 13.6 Å². The van der Waals surface area contributed by atoms with Crippen LogP contribution in [0, 0.1) is 5.82 Å². The average Bonchev–Trinajstić information content (AvgIpc) is 3.65. The van der Waals surface area contributed by atoms with Crippen molar-refractivity contribution in [2.24, 2.45) is 0 Å². The Hall–Kier alpha value is -3.66. The van der Waals surface area contributed by atoms with Gasteiger partial charge in [-0.25, -0.2) is 13.2 Å². The van der Waals surface area contributed by atoms with Crippen LogP contribution in [0.4, 0.5) is 19.0 Å². The smallest absolute Gasteiger partial charge is 0.319 e. The number of hydrogen-bond acceptors (Lipinski definition) is 6. The van der Waals surface area contributed by atoms with E-state index in [4.69, 9.17) is 9.72 Å². The summed E-state index contributed by atoms with van der Waals surface area (Å²) in [5, 5.41) is 0.562. The highest BCUT2D eigenvalue weighted by Gasteiger charge is 2.51. The van der Waals surface area contributed by atoms with Gasteiger partial charge in [0.25, 0.3) is 5.91 Å². The maximum atomic E-state index is 16.7. The van der Waals surface area contributed by atoms with Crippen molar-refractivity contribution in [3.05, 3.63) is 59.7 Å². The number of benzene rings is 2. The second-order valence-electron chi connectivity index (χ2n) is 13.1. The van der Waals surface area contributed by atoms with Crippen molar-refractivity contribution < 1.29 is 22.7 Å². The average molecular weight is 604 g/mol. The summed E-state index contributed by atoms with van der Waals surface area (Å²) in [6.07, 6.45) is 6.09. The minimum Gasteiger partial charge on any atom is -0.461 e. The normalized spacial score (nSPS) is 27.7. The van der Waals surface area contributed by atoms with E-state index >= 15 is 4.39 Å². The van der Waals surface area contributed by atoms with Gasteiger partial charge in [-0.1, -0.05) is 30.8 Å². The van der Waals surface area contributed by atoms with E-state index in [-0.39, 0.29) is 30.2 Å². The molecule has 1 amide bonds. The molecular weight excluding hydrogens is 567 g/mol. The Bertz CT molecular complexity index is 1680. The van der Waals surface area contributed by atoms with Crippen molar-refractivity contribution in [1.82, 2.24) is 19.8 Å². The monoisotopic (exact) mass is 603 g/mol. The van der Waals surface area contributed by atoms with E-state index in [1.165, 1.54) is 16.0 Å². The maximum absolute atomic E-state index is 16.7. The Morgan fingerprint density at radius 3 is 2.77 bits per heavy atom. The molecule has 0 N–H and O–H groups in total. The van der Waals surface area contributed by atoms with Crippen LogP contribution in [0.1, 0.15) is 49.7 Å². The van der Waals surface area contributed by atoms with Gasteiger partial charge in [-0.15, -0.1) is 0 Å². The fourth-order valence-electron chi connectivity index (χ4n) is 8.57. The van der Waals surface area contributed by atoms with Crippen LogP contribution in [0.2, 0.25) is 0 Å². The minimum atomic E-state index is -0.965. The summed E-state index contributed by atoms with van der Waals surface area (Å²) in [5.74, 6) is -1.53. The topological polar surface area (TPSA) is 61.8 Å². The summed E-state index contributed by atoms with van der Waals surface area (Å²) in [4.78, 5) is 27.6. The van der Waals surface area contributed by atoms with E-state index in [2.05, 4.69) is 22.5 Å². The molecule has 0 spiro atoms. The van der Waals surface area contributed by atoms with Crippen LogP contribution in [-0.2, 0) is 17.6 Å². The fourth-order valence-corrected chi connectivity index (χ4v) is 8.57. The summed E-state index contributed by atoms with van der Waals surface area (Å²) < 4.78 is 51.1. The summed E-state index contributed by atoms with van der Waals surface area (Å²) in [6, 6.07) is 9.62. The minimum absolute atomic E-state index is 0.0636. The van der Waals surface area contributed by atoms with Crippen molar-refractivity contribution >= 4 is 22.6 Å². The molecule has 0 bridgehead atoms. The van der Waals surface area contributed by atoms with E-state index in [1.54, 1.807) is 0 Å². The lowest BCUT2D eigenvalue weighted by atomic mass is 9.85. The number of halogens is 3. The maximum Gasteiger partial charge on any atom is 0.319 e. The number of anilines is 1. The highest BCUT2D eigenvalue weighted by molar-refractivity contribution is 5.95. The predicted molar refractivity (Wildman–Crippen MR) is 162 cm³/mol. The molecule has 230 valence electrons. The number of rotatable bonds is 6. The quantitative estimate of drug-likeness (QED) is 0.345. The molecule has 10 heteroatoms. The van der Waals surface area contributed by atoms with Gasteiger partial charge in [0.2, 0.25) is 0 Å². The molecular formula is C34H36F3N5O2. The fraction of sp³-hybridized carbons (Fsp3) is 0.500. The van der Waals surface area contributed by atoms with Crippen LogP contribution < -0.4 is 9.64 Å². The highest BCUT2D eigenvalue weighted by atomic mass is 19.1. The number of hydrogen-bond donors (Lipinski definition) is 0. The number of ether oxygens (including phenoxy) is 1. The lowest BCUT2D eigenvalue weighted by Crippen LogP contribution is -2.63. The van der Waals surface area contributed by atoms with Crippen LogP contribution in [0.5, 0.6) is 6.01 Å². The molecule has 1 unspecified atom stereocenters. The van der Waals surface area contributed by atoms with E-state index in [1.807, 2.05) is 29.2 Å². The van der Waals surface area contributed by atoms with Crippen LogP contribution >= 0.6 is 0 Å². The second kappa shape index (κ2) is 10.5. The lowest BCUT2D eigenvalue weighted by Gasteiger charge is -2.47. The molecule has 8 rings (SSSR count). The number of likely N-dealkylation sites (tertiary alicyclic amines) is 1. The molecule has 4 aliphatic heterocycles. The third-order valence-electron chi connectivity index (χ3n) is 10.7. The van der Waals surface area contributed by atoms with Crippen molar-refractivity contribution in [2.75, 3.05) is 37.7 Å². The van der Waals surface area contributed by atoms with Crippen LogP contribution in [0.3, 0.4) is 0 Å². The molecule has 4 saturated heterocycles. The first-order chi connectivity index (χ1) is 21.3. The van der Waals surface area contributed by atoms with Gasteiger partial charge in [0.15, 0.2) is 11.6 Å². The van der Waals surface area contributed by atoms with Gasteiger partial charge in [-0.2, -0.15) is 9.97 Å². The molecule has 5 aliphatic rings. The molecule has 5 heterocycles. The van der Waals surface area contributed by atoms with Gasteiger partial charge < -0.3 is 14.5 Å². The predicted octanol–water partition coefficient (Wildman–Crippen LogP) is 5.54. The molecule has 4 atom stereocenters. The summed E-state index contributed by atoms with van der Waals surface area (Å²) in [7, 11) is 0.